The zero-order chi connectivity index (χ0) is 23.5. The van der Waals surface area contributed by atoms with E-state index in [2.05, 4.69) is 10.6 Å². The number of carbonyl (C=O) groups excluding carboxylic acids is 3. The molecule has 1 atom stereocenters. The predicted molar refractivity (Wildman–Crippen MR) is 125 cm³/mol. The van der Waals surface area contributed by atoms with E-state index in [1.165, 1.54) is 0 Å². The average Bonchev–Trinajstić information content (AvgIpc) is 2.82. The summed E-state index contributed by atoms with van der Waals surface area (Å²) < 4.78 is 11.2. The first-order valence-corrected chi connectivity index (χ1v) is 11.5. The molecule has 3 rings (SSSR count). The number of halogens is 1. The highest BCUT2D eigenvalue weighted by Gasteiger charge is 2.27. The van der Waals surface area contributed by atoms with Crippen LogP contribution in [-0.4, -0.2) is 50.0 Å². The van der Waals surface area contributed by atoms with E-state index < -0.39 is 23.6 Å². The maximum absolute atomic E-state index is 13.0. The van der Waals surface area contributed by atoms with E-state index in [1.54, 1.807) is 24.3 Å². The van der Waals surface area contributed by atoms with Crippen molar-refractivity contribution < 1.29 is 23.9 Å². The number of hydrogen-bond acceptors (Lipinski definition) is 5. The summed E-state index contributed by atoms with van der Waals surface area (Å²) in [6.07, 6.45) is 2.28. The van der Waals surface area contributed by atoms with Gasteiger partial charge in [0.1, 0.15) is 0 Å². The Labute approximate surface area is 198 Å². The van der Waals surface area contributed by atoms with E-state index in [0.29, 0.717) is 68.2 Å². The molecule has 2 aromatic rings. The lowest BCUT2D eigenvalue weighted by atomic mass is 10.0. The van der Waals surface area contributed by atoms with Crippen LogP contribution in [0.4, 0.5) is 0 Å². The van der Waals surface area contributed by atoms with Gasteiger partial charge in [0.2, 0.25) is 5.78 Å². The summed E-state index contributed by atoms with van der Waals surface area (Å²) in [7, 11) is 0. The number of carbonyl (C=O) groups is 3. The second kappa shape index (κ2) is 13.1. The standard InChI is InChI=1S/C25H29ClN2O5/c26-20-10-8-18(9-11-20)12-13-27-25(31)23(29)22-7-3-4-14-32-15-16-33-17-19-5-1-2-6-21(19)24(30)28-22/h1-2,5-6,8-11,22H,3-4,7,12-17H2,(H,27,31)(H,28,30)/t22-/m0/s1. The van der Waals surface area contributed by atoms with Crippen molar-refractivity contribution in [1.29, 1.82) is 0 Å². The second-order valence-electron chi connectivity index (χ2n) is 7.84. The van der Waals surface area contributed by atoms with Crippen molar-refractivity contribution in [3.8, 4) is 0 Å². The zero-order valence-corrected chi connectivity index (χ0v) is 19.2. The Morgan fingerprint density at radius 3 is 2.58 bits per heavy atom. The lowest BCUT2D eigenvalue weighted by Gasteiger charge is -2.19. The van der Waals surface area contributed by atoms with Crippen molar-refractivity contribution in [2.45, 2.75) is 38.3 Å². The molecule has 1 aliphatic rings. The molecule has 0 radical (unpaired) electrons. The van der Waals surface area contributed by atoms with Gasteiger partial charge in [-0.1, -0.05) is 41.9 Å². The normalized spacial score (nSPS) is 17.8. The third-order valence-corrected chi connectivity index (χ3v) is 5.63. The molecule has 0 bridgehead atoms. The van der Waals surface area contributed by atoms with Gasteiger partial charge in [-0.3, -0.25) is 14.4 Å². The molecule has 0 aromatic heterocycles. The first-order valence-electron chi connectivity index (χ1n) is 11.2. The van der Waals surface area contributed by atoms with Crippen LogP contribution in [-0.2, 0) is 32.1 Å². The first-order chi connectivity index (χ1) is 16.0. The van der Waals surface area contributed by atoms with Gasteiger partial charge in [0.15, 0.2) is 0 Å². The van der Waals surface area contributed by atoms with Gasteiger partial charge in [-0.15, -0.1) is 0 Å². The summed E-state index contributed by atoms with van der Waals surface area (Å²) in [5.41, 5.74) is 2.14. The highest BCUT2D eigenvalue weighted by Crippen LogP contribution is 2.13. The highest BCUT2D eigenvalue weighted by molar-refractivity contribution is 6.38. The smallest absolute Gasteiger partial charge is 0.289 e. The van der Waals surface area contributed by atoms with Gasteiger partial charge in [0, 0.05) is 23.7 Å². The fourth-order valence-corrected chi connectivity index (χ4v) is 3.67. The van der Waals surface area contributed by atoms with Crippen molar-refractivity contribution >= 4 is 29.2 Å². The van der Waals surface area contributed by atoms with Crippen LogP contribution in [0.15, 0.2) is 48.5 Å². The van der Waals surface area contributed by atoms with E-state index in [1.807, 2.05) is 24.3 Å². The highest BCUT2D eigenvalue weighted by atomic mass is 35.5. The third-order valence-electron chi connectivity index (χ3n) is 5.38. The van der Waals surface area contributed by atoms with Crippen LogP contribution in [0, 0.1) is 0 Å². The molecule has 8 heteroatoms. The average molecular weight is 473 g/mol. The lowest BCUT2D eigenvalue weighted by molar-refractivity contribution is -0.139. The molecule has 1 aliphatic heterocycles. The summed E-state index contributed by atoms with van der Waals surface area (Å²) in [5.74, 6) is -1.75. The SMILES string of the molecule is O=C(NCCc1ccc(Cl)cc1)C(=O)[C@@H]1CCCCOCCOCc2ccccc2C(=O)N1. The molecule has 0 fully saturated rings. The summed E-state index contributed by atoms with van der Waals surface area (Å²) in [6.45, 7) is 2.00. The topological polar surface area (TPSA) is 93.7 Å². The van der Waals surface area contributed by atoms with Crippen LogP contribution in [0.1, 0.15) is 40.7 Å². The van der Waals surface area contributed by atoms with Gasteiger partial charge in [-0.05, 0) is 55.0 Å². The van der Waals surface area contributed by atoms with E-state index in [4.69, 9.17) is 21.1 Å². The maximum Gasteiger partial charge on any atom is 0.289 e. The minimum atomic E-state index is -0.912. The molecule has 0 unspecified atom stereocenters. The Kier molecular flexibility index (Phi) is 9.87. The molecule has 0 saturated heterocycles. The molecule has 176 valence electrons. The molecular formula is C25H29ClN2O5. The Hall–Kier alpha value is -2.74. The number of rotatable bonds is 5. The number of ketones is 1. The van der Waals surface area contributed by atoms with E-state index >= 15 is 0 Å². The third kappa shape index (κ3) is 7.96. The Balaban J connectivity index is 1.64. The summed E-state index contributed by atoms with van der Waals surface area (Å²) in [6, 6.07) is 13.5. The summed E-state index contributed by atoms with van der Waals surface area (Å²) >= 11 is 5.89. The molecule has 7 nitrogen and oxygen atoms in total. The molecule has 2 amide bonds. The Morgan fingerprint density at radius 2 is 1.76 bits per heavy atom. The zero-order valence-electron chi connectivity index (χ0n) is 18.5. The fourth-order valence-electron chi connectivity index (χ4n) is 3.54. The molecule has 2 aromatic carbocycles. The van der Waals surface area contributed by atoms with Gasteiger partial charge in [-0.25, -0.2) is 0 Å². The van der Waals surface area contributed by atoms with Crippen molar-refractivity contribution in [3.63, 3.8) is 0 Å². The van der Waals surface area contributed by atoms with Crippen molar-refractivity contribution in [2.75, 3.05) is 26.4 Å². The number of benzene rings is 2. The molecule has 33 heavy (non-hydrogen) atoms. The first kappa shape index (κ1) is 24.9. The van der Waals surface area contributed by atoms with Gasteiger partial charge in [0.25, 0.3) is 11.8 Å². The van der Waals surface area contributed by atoms with Crippen LogP contribution >= 0.6 is 11.6 Å². The second-order valence-corrected chi connectivity index (χ2v) is 8.28. The minimum Gasteiger partial charge on any atom is -0.379 e. The van der Waals surface area contributed by atoms with E-state index in [0.717, 1.165) is 5.56 Å². The van der Waals surface area contributed by atoms with E-state index in [9.17, 15) is 14.4 Å². The van der Waals surface area contributed by atoms with Crippen LogP contribution < -0.4 is 10.6 Å². The molecule has 2 N–H and O–H groups in total. The summed E-state index contributed by atoms with van der Waals surface area (Å²) in [5, 5.41) is 6.07. The number of Topliss-reactive ketones (excluding diaryl/α,β-unsaturated/α-hetero) is 1. The van der Waals surface area contributed by atoms with Gasteiger partial charge < -0.3 is 20.1 Å². The number of amides is 2. The lowest BCUT2D eigenvalue weighted by Crippen LogP contribution is -2.48. The fraction of sp³-hybridized carbons (Fsp3) is 0.400. The van der Waals surface area contributed by atoms with Gasteiger partial charge in [-0.2, -0.15) is 0 Å². The molecular weight excluding hydrogens is 444 g/mol. The van der Waals surface area contributed by atoms with Gasteiger partial charge in [0.05, 0.1) is 25.9 Å². The largest absolute Gasteiger partial charge is 0.379 e. The van der Waals surface area contributed by atoms with E-state index in [-0.39, 0.29) is 6.61 Å². The van der Waals surface area contributed by atoms with Gasteiger partial charge >= 0.3 is 0 Å². The quantitative estimate of drug-likeness (QED) is 0.652. The Morgan fingerprint density at radius 1 is 1.00 bits per heavy atom. The number of hydrogen-bond donors (Lipinski definition) is 2. The van der Waals surface area contributed by atoms with Crippen LogP contribution in [0.25, 0.3) is 0 Å². The summed E-state index contributed by atoms with van der Waals surface area (Å²) in [4.78, 5) is 38.4. The number of ether oxygens (including phenoxy) is 2. The number of fused-ring (bicyclic) bond motifs is 1. The van der Waals surface area contributed by atoms with Crippen LogP contribution in [0.3, 0.4) is 0 Å². The minimum absolute atomic E-state index is 0.261. The van der Waals surface area contributed by atoms with Crippen molar-refractivity contribution in [1.82, 2.24) is 10.6 Å². The Bertz CT molecular complexity index is 948. The molecule has 0 spiro atoms. The maximum atomic E-state index is 13.0. The molecule has 1 heterocycles. The monoisotopic (exact) mass is 472 g/mol. The molecule has 0 aliphatic carbocycles. The van der Waals surface area contributed by atoms with Crippen molar-refractivity contribution in [3.05, 3.63) is 70.2 Å². The van der Waals surface area contributed by atoms with Crippen molar-refractivity contribution in [2.24, 2.45) is 0 Å². The van der Waals surface area contributed by atoms with Crippen LogP contribution in [0.2, 0.25) is 5.02 Å². The molecule has 0 saturated carbocycles. The number of nitrogens with one attached hydrogen (secondary N) is 2. The van der Waals surface area contributed by atoms with Crippen LogP contribution in [0.5, 0.6) is 0 Å². The predicted octanol–water partition coefficient (Wildman–Crippen LogP) is 3.08.